The Morgan fingerprint density at radius 1 is 1.20 bits per heavy atom. The molecule has 0 bridgehead atoms. The summed E-state index contributed by atoms with van der Waals surface area (Å²) in [5.41, 5.74) is 5.35. The van der Waals surface area contributed by atoms with Gasteiger partial charge in [0, 0.05) is 0 Å². The average molecular weight is 211 g/mol. The minimum absolute atomic E-state index is 0.483. The summed E-state index contributed by atoms with van der Waals surface area (Å²) in [5, 5.41) is 0. The van der Waals surface area contributed by atoms with Gasteiger partial charge in [0.2, 0.25) is 11.8 Å². The third-order valence-corrected chi connectivity index (χ3v) is 1.64. The molecule has 0 saturated heterocycles. The third kappa shape index (κ3) is 4.60. The molecular formula is C10H17N3O2. The van der Waals surface area contributed by atoms with Crippen LogP contribution in [0.4, 0.5) is 0 Å². The Kier molecular flexibility index (Phi) is 5.47. The van der Waals surface area contributed by atoms with Gasteiger partial charge in [-0.3, -0.25) is 4.98 Å². The largest absolute Gasteiger partial charge is 0.477 e. The molecule has 5 heteroatoms. The van der Waals surface area contributed by atoms with E-state index in [2.05, 4.69) is 9.97 Å². The molecule has 0 saturated carbocycles. The smallest absolute Gasteiger partial charge is 0.235 e. The van der Waals surface area contributed by atoms with E-state index in [0.29, 0.717) is 31.5 Å². The third-order valence-electron chi connectivity index (χ3n) is 1.64. The quantitative estimate of drug-likeness (QED) is 0.681. The first-order valence-electron chi connectivity index (χ1n) is 5.14. The van der Waals surface area contributed by atoms with Crippen LogP contribution in [0, 0.1) is 0 Å². The van der Waals surface area contributed by atoms with E-state index in [1.54, 1.807) is 12.4 Å². The van der Waals surface area contributed by atoms with Gasteiger partial charge in [0.25, 0.3) is 0 Å². The normalized spacial score (nSPS) is 10.0. The van der Waals surface area contributed by atoms with E-state index in [1.807, 2.05) is 6.92 Å². The van der Waals surface area contributed by atoms with E-state index in [-0.39, 0.29) is 0 Å². The van der Waals surface area contributed by atoms with Gasteiger partial charge < -0.3 is 15.2 Å². The zero-order chi connectivity index (χ0) is 10.9. The van der Waals surface area contributed by atoms with Crippen molar-refractivity contribution in [2.24, 2.45) is 5.73 Å². The fraction of sp³-hybridized carbons (Fsp3) is 0.600. The van der Waals surface area contributed by atoms with Crippen LogP contribution in [-0.4, -0.2) is 29.7 Å². The summed E-state index contributed by atoms with van der Waals surface area (Å²) < 4.78 is 10.7. The SMILES string of the molecule is CCCOc1cncc(OCCCN)n1. The first-order chi connectivity index (χ1) is 7.36. The van der Waals surface area contributed by atoms with Gasteiger partial charge >= 0.3 is 0 Å². The zero-order valence-electron chi connectivity index (χ0n) is 8.98. The molecule has 5 nitrogen and oxygen atoms in total. The second-order valence-electron chi connectivity index (χ2n) is 3.03. The van der Waals surface area contributed by atoms with Crippen molar-refractivity contribution in [2.45, 2.75) is 19.8 Å². The number of nitrogens with zero attached hydrogens (tertiary/aromatic N) is 2. The van der Waals surface area contributed by atoms with E-state index in [9.17, 15) is 0 Å². The Labute approximate surface area is 89.6 Å². The van der Waals surface area contributed by atoms with Crippen molar-refractivity contribution >= 4 is 0 Å². The lowest BCUT2D eigenvalue weighted by molar-refractivity contribution is 0.275. The maximum atomic E-state index is 5.35. The number of rotatable bonds is 7. The number of nitrogens with two attached hydrogens (primary N) is 1. The highest BCUT2D eigenvalue weighted by molar-refractivity contribution is 5.12. The van der Waals surface area contributed by atoms with Gasteiger partial charge in [0.15, 0.2) is 0 Å². The second kappa shape index (κ2) is 7.00. The lowest BCUT2D eigenvalue weighted by atomic mass is 10.5. The first kappa shape index (κ1) is 11.7. The monoisotopic (exact) mass is 211 g/mol. The number of ether oxygens (including phenoxy) is 2. The van der Waals surface area contributed by atoms with Crippen LogP contribution in [0.25, 0.3) is 0 Å². The van der Waals surface area contributed by atoms with Crippen LogP contribution in [0.3, 0.4) is 0 Å². The molecule has 15 heavy (non-hydrogen) atoms. The Morgan fingerprint density at radius 2 is 1.87 bits per heavy atom. The molecule has 0 radical (unpaired) electrons. The summed E-state index contributed by atoms with van der Waals surface area (Å²) >= 11 is 0. The maximum absolute atomic E-state index is 5.35. The maximum Gasteiger partial charge on any atom is 0.235 e. The van der Waals surface area contributed by atoms with Crippen LogP contribution in [-0.2, 0) is 0 Å². The molecular weight excluding hydrogens is 194 g/mol. The highest BCUT2D eigenvalue weighted by Gasteiger charge is 1.99. The van der Waals surface area contributed by atoms with Gasteiger partial charge in [-0.1, -0.05) is 6.92 Å². The standard InChI is InChI=1S/C10H17N3O2/c1-2-5-14-9-7-12-8-10(13-9)15-6-3-4-11/h7-8H,2-6,11H2,1H3. The highest BCUT2D eigenvalue weighted by atomic mass is 16.5. The molecule has 0 spiro atoms. The van der Waals surface area contributed by atoms with Crippen LogP contribution in [0.2, 0.25) is 0 Å². The van der Waals surface area contributed by atoms with Crippen LogP contribution < -0.4 is 15.2 Å². The molecule has 1 heterocycles. The van der Waals surface area contributed by atoms with Crippen molar-refractivity contribution in [2.75, 3.05) is 19.8 Å². The summed E-state index contributed by atoms with van der Waals surface area (Å²) in [5.74, 6) is 0.985. The fourth-order valence-corrected chi connectivity index (χ4v) is 0.937. The summed E-state index contributed by atoms with van der Waals surface area (Å²) in [6.07, 6.45) is 4.89. The van der Waals surface area contributed by atoms with Crippen molar-refractivity contribution in [3.63, 3.8) is 0 Å². The van der Waals surface area contributed by atoms with Crippen LogP contribution in [0.5, 0.6) is 11.8 Å². The van der Waals surface area contributed by atoms with Crippen molar-refractivity contribution in [1.82, 2.24) is 9.97 Å². The van der Waals surface area contributed by atoms with Gasteiger partial charge in [-0.05, 0) is 19.4 Å². The lowest BCUT2D eigenvalue weighted by Gasteiger charge is -2.06. The molecule has 0 amide bonds. The summed E-state index contributed by atoms with van der Waals surface area (Å²) in [6.45, 7) is 3.85. The molecule has 0 aliphatic carbocycles. The van der Waals surface area contributed by atoms with Gasteiger partial charge in [0.1, 0.15) is 0 Å². The zero-order valence-corrected chi connectivity index (χ0v) is 8.98. The highest BCUT2D eigenvalue weighted by Crippen LogP contribution is 2.11. The predicted molar refractivity (Wildman–Crippen MR) is 57.0 cm³/mol. The number of aromatic nitrogens is 2. The van der Waals surface area contributed by atoms with Gasteiger partial charge in [0.05, 0.1) is 25.6 Å². The molecule has 0 aromatic carbocycles. The molecule has 0 aliphatic rings. The minimum atomic E-state index is 0.483. The van der Waals surface area contributed by atoms with Crippen molar-refractivity contribution in [1.29, 1.82) is 0 Å². The molecule has 2 N–H and O–H groups in total. The number of hydrogen-bond acceptors (Lipinski definition) is 5. The van der Waals surface area contributed by atoms with Crippen molar-refractivity contribution in [3.8, 4) is 11.8 Å². The Morgan fingerprint density at radius 3 is 2.47 bits per heavy atom. The van der Waals surface area contributed by atoms with Crippen LogP contribution in [0.15, 0.2) is 12.4 Å². The second-order valence-corrected chi connectivity index (χ2v) is 3.03. The predicted octanol–water partition coefficient (Wildman–Crippen LogP) is 0.993. The van der Waals surface area contributed by atoms with E-state index < -0.39 is 0 Å². The molecule has 84 valence electrons. The molecule has 1 aromatic heterocycles. The Bertz CT molecular complexity index is 281. The first-order valence-corrected chi connectivity index (χ1v) is 5.14. The van der Waals surface area contributed by atoms with Crippen molar-refractivity contribution < 1.29 is 9.47 Å². The topological polar surface area (TPSA) is 70.3 Å². The van der Waals surface area contributed by atoms with E-state index >= 15 is 0 Å². The summed E-state index contributed by atoms with van der Waals surface area (Å²) in [4.78, 5) is 8.11. The lowest BCUT2D eigenvalue weighted by Crippen LogP contribution is -2.07. The van der Waals surface area contributed by atoms with Crippen LogP contribution in [0.1, 0.15) is 19.8 Å². The minimum Gasteiger partial charge on any atom is -0.477 e. The van der Waals surface area contributed by atoms with Crippen molar-refractivity contribution in [3.05, 3.63) is 12.4 Å². The summed E-state index contributed by atoms with van der Waals surface area (Å²) in [6, 6.07) is 0. The van der Waals surface area contributed by atoms with Crippen LogP contribution >= 0.6 is 0 Å². The Hall–Kier alpha value is -1.36. The Balaban J connectivity index is 2.42. The molecule has 1 aromatic rings. The van der Waals surface area contributed by atoms with Gasteiger partial charge in [-0.2, -0.15) is 4.98 Å². The van der Waals surface area contributed by atoms with E-state index in [4.69, 9.17) is 15.2 Å². The fourth-order valence-electron chi connectivity index (χ4n) is 0.937. The molecule has 0 aliphatic heterocycles. The summed E-state index contributed by atoms with van der Waals surface area (Å²) in [7, 11) is 0. The molecule has 1 rings (SSSR count). The molecule has 0 fully saturated rings. The van der Waals surface area contributed by atoms with E-state index in [0.717, 1.165) is 12.8 Å². The molecule has 0 unspecified atom stereocenters. The molecule has 0 atom stereocenters. The number of hydrogen-bond donors (Lipinski definition) is 1. The van der Waals surface area contributed by atoms with Gasteiger partial charge in [-0.15, -0.1) is 0 Å². The van der Waals surface area contributed by atoms with E-state index in [1.165, 1.54) is 0 Å². The average Bonchev–Trinajstić information content (AvgIpc) is 2.27. The van der Waals surface area contributed by atoms with Gasteiger partial charge in [-0.25, -0.2) is 0 Å².